The van der Waals surface area contributed by atoms with E-state index in [0.717, 1.165) is 18.6 Å². The zero-order valence-electron chi connectivity index (χ0n) is 9.74. The van der Waals surface area contributed by atoms with Crippen LogP contribution >= 0.6 is 11.8 Å². The van der Waals surface area contributed by atoms with E-state index in [-0.39, 0.29) is 5.91 Å². The molecule has 1 rings (SSSR count). The molecule has 1 amide bonds. The van der Waals surface area contributed by atoms with Gasteiger partial charge in [-0.1, -0.05) is 13.3 Å². The molecule has 1 aliphatic heterocycles. The summed E-state index contributed by atoms with van der Waals surface area (Å²) >= 11 is 1.94. The Bertz CT molecular complexity index is 201. The maximum atomic E-state index is 11.9. The van der Waals surface area contributed by atoms with Crippen LogP contribution in [-0.4, -0.2) is 41.9 Å². The van der Waals surface area contributed by atoms with Crippen LogP contribution in [0, 0.1) is 5.92 Å². The Kier molecular flexibility index (Phi) is 5.47. The Morgan fingerprint density at radius 1 is 1.67 bits per heavy atom. The number of hydrogen-bond donors (Lipinski definition) is 1. The molecule has 2 N–H and O–H groups in total. The van der Waals surface area contributed by atoms with Gasteiger partial charge >= 0.3 is 0 Å². The van der Waals surface area contributed by atoms with Crippen molar-refractivity contribution in [3.63, 3.8) is 0 Å². The van der Waals surface area contributed by atoms with E-state index in [1.807, 2.05) is 23.7 Å². The molecule has 1 saturated heterocycles. The van der Waals surface area contributed by atoms with Crippen LogP contribution in [0.1, 0.15) is 26.2 Å². The summed E-state index contributed by atoms with van der Waals surface area (Å²) < 4.78 is 0. The van der Waals surface area contributed by atoms with Crippen molar-refractivity contribution in [2.45, 2.75) is 32.2 Å². The van der Waals surface area contributed by atoms with E-state index >= 15 is 0 Å². The summed E-state index contributed by atoms with van der Waals surface area (Å²) in [6, 6.07) is 0.456. The van der Waals surface area contributed by atoms with E-state index in [1.54, 1.807) is 0 Å². The SMILES string of the molecule is CCC(CN)CC(=O)N(C)C1CCSC1. The fraction of sp³-hybridized carbons (Fsp3) is 0.909. The van der Waals surface area contributed by atoms with Crippen molar-refractivity contribution in [2.24, 2.45) is 11.7 Å². The third-order valence-corrected chi connectivity index (χ3v) is 4.37. The number of thioether (sulfide) groups is 1. The maximum Gasteiger partial charge on any atom is 0.222 e. The van der Waals surface area contributed by atoms with Crippen molar-refractivity contribution < 1.29 is 4.79 Å². The van der Waals surface area contributed by atoms with Gasteiger partial charge in [-0.3, -0.25) is 4.79 Å². The second-order valence-corrected chi connectivity index (χ2v) is 5.39. The Morgan fingerprint density at radius 3 is 2.87 bits per heavy atom. The number of carbonyl (C=O) groups is 1. The van der Waals surface area contributed by atoms with Crippen molar-refractivity contribution in [1.29, 1.82) is 0 Å². The largest absolute Gasteiger partial charge is 0.342 e. The normalized spacial score (nSPS) is 22.7. The highest BCUT2D eigenvalue weighted by atomic mass is 32.2. The summed E-state index contributed by atoms with van der Waals surface area (Å²) in [5.74, 6) is 2.91. The van der Waals surface area contributed by atoms with Gasteiger partial charge in [0.15, 0.2) is 0 Å². The van der Waals surface area contributed by atoms with Crippen molar-refractivity contribution in [3.8, 4) is 0 Å². The number of nitrogens with two attached hydrogens (primary N) is 1. The lowest BCUT2D eigenvalue weighted by Crippen LogP contribution is -2.38. The van der Waals surface area contributed by atoms with Gasteiger partial charge in [-0.05, 0) is 24.6 Å². The minimum absolute atomic E-state index is 0.264. The minimum Gasteiger partial charge on any atom is -0.342 e. The zero-order valence-corrected chi connectivity index (χ0v) is 10.6. The highest BCUT2D eigenvalue weighted by Crippen LogP contribution is 2.22. The number of carbonyl (C=O) groups excluding carboxylic acids is 1. The van der Waals surface area contributed by atoms with Crippen LogP contribution in [0.5, 0.6) is 0 Å². The molecule has 3 nitrogen and oxygen atoms in total. The first-order valence-electron chi connectivity index (χ1n) is 5.72. The van der Waals surface area contributed by atoms with Gasteiger partial charge in [0.1, 0.15) is 0 Å². The van der Waals surface area contributed by atoms with E-state index in [2.05, 4.69) is 6.92 Å². The molecule has 0 aliphatic carbocycles. The molecule has 0 bridgehead atoms. The summed E-state index contributed by atoms with van der Waals surface area (Å²) in [6.07, 6.45) is 2.76. The molecule has 1 heterocycles. The maximum absolute atomic E-state index is 11.9. The summed E-state index contributed by atoms with van der Waals surface area (Å²) in [6.45, 7) is 2.71. The van der Waals surface area contributed by atoms with E-state index in [0.29, 0.717) is 24.9 Å². The smallest absolute Gasteiger partial charge is 0.222 e. The van der Waals surface area contributed by atoms with Crippen LogP contribution in [-0.2, 0) is 4.79 Å². The van der Waals surface area contributed by atoms with Crippen LogP contribution in [0.2, 0.25) is 0 Å². The summed E-state index contributed by atoms with van der Waals surface area (Å²) in [5, 5.41) is 0. The van der Waals surface area contributed by atoms with Gasteiger partial charge in [0, 0.05) is 25.3 Å². The molecular weight excluding hydrogens is 208 g/mol. The second-order valence-electron chi connectivity index (χ2n) is 4.24. The Balaban J connectivity index is 2.37. The number of rotatable bonds is 5. The lowest BCUT2D eigenvalue weighted by molar-refractivity contribution is -0.132. The second kappa shape index (κ2) is 6.38. The van der Waals surface area contributed by atoms with Crippen LogP contribution in [0.25, 0.3) is 0 Å². The topological polar surface area (TPSA) is 46.3 Å². The average Bonchev–Trinajstić information content (AvgIpc) is 2.77. The van der Waals surface area contributed by atoms with Crippen molar-refractivity contribution in [3.05, 3.63) is 0 Å². The molecule has 0 aromatic heterocycles. The molecule has 1 aliphatic rings. The lowest BCUT2D eigenvalue weighted by Gasteiger charge is -2.25. The van der Waals surface area contributed by atoms with Gasteiger partial charge in [0.2, 0.25) is 5.91 Å². The first kappa shape index (κ1) is 12.8. The van der Waals surface area contributed by atoms with E-state index in [9.17, 15) is 4.79 Å². The lowest BCUT2D eigenvalue weighted by atomic mass is 10.0. The monoisotopic (exact) mass is 230 g/mol. The molecule has 1 fully saturated rings. The quantitative estimate of drug-likeness (QED) is 0.775. The molecule has 15 heavy (non-hydrogen) atoms. The van der Waals surface area contributed by atoms with Crippen molar-refractivity contribution >= 4 is 17.7 Å². The van der Waals surface area contributed by atoms with Crippen LogP contribution in [0.15, 0.2) is 0 Å². The Labute approximate surface area is 96.8 Å². The molecular formula is C11H22N2OS. The fourth-order valence-electron chi connectivity index (χ4n) is 1.82. The summed E-state index contributed by atoms with van der Waals surface area (Å²) in [4.78, 5) is 13.8. The van der Waals surface area contributed by atoms with E-state index in [1.165, 1.54) is 5.75 Å². The van der Waals surface area contributed by atoms with Crippen LogP contribution in [0.3, 0.4) is 0 Å². The van der Waals surface area contributed by atoms with Crippen molar-refractivity contribution in [1.82, 2.24) is 4.90 Å². The van der Waals surface area contributed by atoms with Gasteiger partial charge in [-0.25, -0.2) is 0 Å². The zero-order chi connectivity index (χ0) is 11.3. The van der Waals surface area contributed by atoms with Crippen LogP contribution in [0.4, 0.5) is 0 Å². The van der Waals surface area contributed by atoms with Crippen LogP contribution < -0.4 is 5.73 Å². The van der Waals surface area contributed by atoms with Gasteiger partial charge in [0.05, 0.1) is 0 Å². The molecule has 0 aromatic carbocycles. The molecule has 4 heteroatoms. The highest BCUT2D eigenvalue weighted by Gasteiger charge is 2.24. The van der Waals surface area contributed by atoms with Gasteiger partial charge < -0.3 is 10.6 Å². The summed E-state index contributed by atoms with van der Waals surface area (Å²) in [5.41, 5.74) is 5.61. The van der Waals surface area contributed by atoms with E-state index in [4.69, 9.17) is 5.73 Å². The Hall–Kier alpha value is -0.220. The van der Waals surface area contributed by atoms with Gasteiger partial charge in [0.25, 0.3) is 0 Å². The molecule has 0 saturated carbocycles. The standard InChI is InChI=1S/C11H22N2OS/c1-3-9(7-12)6-11(14)13(2)10-4-5-15-8-10/h9-10H,3-8,12H2,1-2H3. The number of amides is 1. The fourth-order valence-corrected chi connectivity index (χ4v) is 3.08. The number of hydrogen-bond acceptors (Lipinski definition) is 3. The predicted octanol–water partition coefficient (Wildman–Crippen LogP) is 1.33. The third kappa shape index (κ3) is 3.68. The first-order chi connectivity index (χ1) is 7.19. The third-order valence-electron chi connectivity index (χ3n) is 3.22. The molecule has 0 spiro atoms. The molecule has 88 valence electrons. The molecule has 2 unspecified atom stereocenters. The van der Waals surface area contributed by atoms with E-state index < -0.39 is 0 Å². The molecule has 2 atom stereocenters. The average molecular weight is 230 g/mol. The van der Waals surface area contributed by atoms with Gasteiger partial charge in [-0.15, -0.1) is 0 Å². The summed E-state index contributed by atoms with van der Waals surface area (Å²) in [7, 11) is 1.93. The highest BCUT2D eigenvalue weighted by molar-refractivity contribution is 7.99. The van der Waals surface area contributed by atoms with Gasteiger partial charge in [-0.2, -0.15) is 11.8 Å². The first-order valence-corrected chi connectivity index (χ1v) is 6.88. The van der Waals surface area contributed by atoms with Crippen molar-refractivity contribution in [2.75, 3.05) is 25.1 Å². The predicted molar refractivity (Wildman–Crippen MR) is 66.0 cm³/mol. The number of nitrogens with zero attached hydrogens (tertiary/aromatic N) is 1. The minimum atomic E-state index is 0.264. The molecule has 0 aromatic rings. The molecule has 0 radical (unpaired) electrons. The Morgan fingerprint density at radius 2 is 2.40 bits per heavy atom.